The fourth-order valence-corrected chi connectivity index (χ4v) is 3.64. The summed E-state index contributed by atoms with van der Waals surface area (Å²) in [5.41, 5.74) is 1.72. The van der Waals surface area contributed by atoms with E-state index >= 15 is 0 Å². The van der Waals surface area contributed by atoms with Crippen molar-refractivity contribution in [2.75, 3.05) is 6.54 Å². The first-order chi connectivity index (χ1) is 11.2. The number of hydrogen-bond donors (Lipinski definition) is 1. The number of rotatable bonds is 3. The van der Waals surface area contributed by atoms with E-state index in [9.17, 15) is 9.18 Å². The van der Waals surface area contributed by atoms with Gasteiger partial charge in [0.2, 0.25) is 0 Å². The zero-order chi connectivity index (χ0) is 15.8. The number of urea groups is 1. The summed E-state index contributed by atoms with van der Waals surface area (Å²) in [7, 11) is 0. The third-order valence-corrected chi connectivity index (χ3v) is 4.84. The van der Waals surface area contributed by atoms with Crippen LogP contribution in [0.3, 0.4) is 0 Å². The molecule has 0 spiro atoms. The third-order valence-electron chi connectivity index (χ3n) is 4.84. The second-order valence-corrected chi connectivity index (χ2v) is 6.41. The summed E-state index contributed by atoms with van der Waals surface area (Å²) in [6.07, 6.45) is 7.14. The van der Waals surface area contributed by atoms with Crippen LogP contribution in [-0.2, 0) is 6.54 Å². The van der Waals surface area contributed by atoms with Crippen molar-refractivity contribution in [2.24, 2.45) is 5.92 Å². The molecule has 1 N–H and O–H groups in total. The molecule has 120 valence electrons. The van der Waals surface area contributed by atoms with Crippen LogP contribution in [0.5, 0.6) is 0 Å². The van der Waals surface area contributed by atoms with Crippen molar-refractivity contribution in [1.82, 2.24) is 20.0 Å². The van der Waals surface area contributed by atoms with E-state index < -0.39 is 0 Å². The fraction of sp³-hybridized carbons (Fsp3) is 0.412. The van der Waals surface area contributed by atoms with Gasteiger partial charge in [0.15, 0.2) is 0 Å². The van der Waals surface area contributed by atoms with E-state index in [4.69, 9.17) is 0 Å². The first kappa shape index (κ1) is 14.2. The van der Waals surface area contributed by atoms with Gasteiger partial charge in [-0.2, -0.15) is 5.10 Å². The number of nitrogens with zero attached hydrogens (tertiary/aromatic N) is 3. The molecule has 1 aliphatic heterocycles. The van der Waals surface area contributed by atoms with Gasteiger partial charge in [-0.1, -0.05) is 0 Å². The summed E-state index contributed by atoms with van der Waals surface area (Å²) in [4.78, 5) is 14.2. The Hall–Kier alpha value is -2.37. The minimum Gasteiger partial charge on any atom is -0.334 e. The zero-order valence-electron chi connectivity index (χ0n) is 12.8. The third kappa shape index (κ3) is 2.81. The Morgan fingerprint density at radius 1 is 1.30 bits per heavy atom. The van der Waals surface area contributed by atoms with E-state index in [-0.39, 0.29) is 11.8 Å². The number of aromatic nitrogens is 2. The van der Waals surface area contributed by atoms with E-state index in [1.807, 2.05) is 11.1 Å². The van der Waals surface area contributed by atoms with Crippen molar-refractivity contribution in [3.05, 3.63) is 48.0 Å². The molecule has 1 saturated carbocycles. The van der Waals surface area contributed by atoms with E-state index in [1.54, 1.807) is 23.0 Å². The number of halogens is 1. The van der Waals surface area contributed by atoms with Gasteiger partial charge in [0.05, 0.1) is 11.9 Å². The van der Waals surface area contributed by atoms with Crippen molar-refractivity contribution in [3.8, 4) is 5.69 Å². The number of fused-ring (bicyclic) bond motifs is 2. The number of amides is 2. The van der Waals surface area contributed by atoms with Crippen molar-refractivity contribution in [2.45, 2.75) is 31.8 Å². The number of carbonyl (C=O) groups excluding carboxylic acids is 1. The van der Waals surface area contributed by atoms with E-state index in [2.05, 4.69) is 10.4 Å². The molecule has 2 atom stereocenters. The Bertz CT molecular complexity index is 712. The highest BCUT2D eigenvalue weighted by Crippen LogP contribution is 2.37. The molecule has 2 heterocycles. The zero-order valence-corrected chi connectivity index (χ0v) is 12.8. The first-order valence-electron chi connectivity index (χ1n) is 8.03. The Balaban J connectivity index is 1.36. The average Bonchev–Trinajstić information content (AvgIpc) is 3.29. The SMILES string of the molecule is O=C(NCc1cnn(-c2ccc(F)cc2)c1)N1C[C@H]2CC[C@H]1C2. The summed E-state index contributed by atoms with van der Waals surface area (Å²) in [6.45, 7) is 1.35. The molecule has 1 aromatic heterocycles. The van der Waals surface area contributed by atoms with E-state index in [0.717, 1.165) is 30.6 Å². The lowest BCUT2D eigenvalue weighted by atomic mass is 10.1. The van der Waals surface area contributed by atoms with Crippen molar-refractivity contribution < 1.29 is 9.18 Å². The average molecular weight is 314 g/mol. The number of likely N-dealkylation sites (tertiary alicyclic amines) is 1. The maximum atomic E-state index is 12.9. The maximum absolute atomic E-state index is 12.9. The molecule has 2 aliphatic rings. The van der Waals surface area contributed by atoms with Crippen LogP contribution in [0.2, 0.25) is 0 Å². The van der Waals surface area contributed by atoms with Crippen LogP contribution in [0.25, 0.3) is 5.69 Å². The number of benzene rings is 1. The summed E-state index contributed by atoms with van der Waals surface area (Å²) in [5, 5.41) is 7.23. The Morgan fingerprint density at radius 2 is 2.13 bits per heavy atom. The first-order valence-corrected chi connectivity index (χ1v) is 8.03. The molecular formula is C17H19FN4O. The predicted molar refractivity (Wildman–Crippen MR) is 83.6 cm³/mol. The number of carbonyl (C=O) groups is 1. The molecule has 1 aliphatic carbocycles. The van der Waals surface area contributed by atoms with E-state index in [0.29, 0.717) is 18.5 Å². The van der Waals surface area contributed by atoms with Crippen LogP contribution in [0.1, 0.15) is 24.8 Å². The maximum Gasteiger partial charge on any atom is 0.317 e. The second kappa shape index (κ2) is 5.68. The quantitative estimate of drug-likeness (QED) is 0.947. The van der Waals surface area contributed by atoms with Gasteiger partial charge in [-0.15, -0.1) is 0 Å². The van der Waals surface area contributed by atoms with Crippen LogP contribution in [0, 0.1) is 11.7 Å². The van der Waals surface area contributed by atoms with Crippen molar-refractivity contribution in [3.63, 3.8) is 0 Å². The molecule has 2 bridgehead atoms. The highest BCUT2D eigenvalue weighted by molar-refractivity contribution is 5.75. The number of piperidine rings is 1. The monoisotopic (exact) mass is 314 g/mol. The molecule has 4 rings (SSSR count). The molecule has 0 unspecified atom stereocenters. The normalized spacial score (nSPS) is 22.6. The molecule has 2 amide bonds. The van der Waals surface area contributed by atoms with Crippen LogP contribution in [0.4, 0.5) is 9.18 Å². The van der Waals surface area contributed by atoms with Crippen LogP contribution in [0.15, 0.2) is 36.7 Å². The Kier molecular flexibility index (Phi) is 3.52. The van der Waals surface area contributed by atoms with Gasteiger partial charge >= 0.3 is 6.03 Å². The van der Waals surface area contributed by atoms with Crippen LogP contribution < -0.4 is 5.32 Å². The lowest BCUT2D eigenvalue weighted by Gasteiger charge is -2.27. The van der Waals surface area contributed by atoms with Gasteiger partial charge in [-0.3, -0.25) is 0 Å². The Morgan fingerprint density at radius 3 is 2.83 bits per heavy atom. The largest absolute Gasteiger partial charge is 0.334 e. The number of nitrogens with one attached hydrogen (secondary N) is 1. The summed E-state index contributed by atoms with van der Waals surface area (Å²) < 4.78 is 14.6. The molecule has 6 heteroatoms. The molecule has 0 radical (unpaired) electrons. The van der Waals surface area contributed by atoms with Gasteiger partial charge in [0.1, 0.15) is 5.82 Å². The number of hydrogen-bond acceptors (Lipinski definition) is 2. The van der Waals surface area contributed by atoms with Crippen molar-refractivity contribution >= 4 is 6.03 Å². The molecule has 1 saturated heterocycles. The molecule has 23 heavy (non-hydrogen) atoms. The van der Waals surface area contributed by atoms with E-state index in [1.165, 1.54) is 18.6 Å². The second-order valence-electron chi connectivity index (χ2n) is 6.41. The molecule has 2 aromatic rings. The fourth-order valence-electron chi connectivity index (χ4n) is 3.64. The standard InChI is InChI=1S/C17H19FN4O/c18-14-2-5-15(6-3-14)22-11-13(9-20-22)8-19-17(23)21-10-12-1-4-16(21)7-12/h2-3,5-6,9,11-12,16H,1,4,7-8,10H2,(H,19,23)/t12-,16-/m0/s1. The molecular weight excluding hydrogens is 295 g/mol. The molecule has 5 nitrogen and oxygen atoms in total. The van der Waals surface area contributed by atoms with Gasteiger partial charge in [0.25, 0.3) is 0 Å². The predicted octanol–water partition coefficient (Wildman–Crippen LogP) is 2.71. The summed E-state index contributed by atoms with van der Waals surface area (Å²) >= 11 is 0. The highest BCUT2D eigenvalue weighted by atomic mass is 19.1. The minimum absolute atomic E-state index is 0.0201. The smallest absolute Gasteiger partial charge is 0.317 e. The lowest BCUT2D eigenvalue weighted by Crippen LogP contribution is -2.43. The summed E-state index contributed by atoms with van der Waals surface area (Å²) in [6, 6.07) is 6.60. The van der Waals surface area contributed by atoms with Gasteiger partial charge in [0, 0.05) is 30.9 Å². The Labute approximate surface area is 134 Å². The highest BCUT2D eigenvalue weighted by Gasteiger charge is 2.40. The van der Waals surface area contributed by atoms with Crippen LogP contribution >= 0.6 is 0 Å². The van der Waals surface area contributed by atoms with Gasteiger partial charge < -0.3 is 10.2 Å². The topological polar surface area (TPSA) is 50.2 Å². The summed E-state index contributed by atoms with van der Waals surface area (Å²) in [5.74, 6) is 0.431. The molecule has 1 aromatic carbocycles. The van der Waals surface area contributed by atoms with Crippen molar-refractivity contribution in [1.29, 1.82) is 0 Å². The lowest BCUT2D eigenvalue weighted by molar-refractivity contribution is 0.180. The van der Waals surface area contributed by atoms with Gasteiger partial charge in [-0.25, -0.2) is 13.9 Å². The van der Waals surface area contributed by atoms with Gasteiger partial charge in [-0.05, 0) is 49.4 Å². The minimum atomic E-state index is -0.270. The molecule has 2 fully saturated rings. The van der Waals surface area contributed by atoms with Crippen LogP contribution in [-0.4, -0.2) is 33.3 Å².